The first-order valence-electron chi connectivity index (χ1n) is 10.2. The zero-order chi connectivity index (χ0) is 21.8. The van der Waals surface area contributed by atoms with Crippen molar-refractivity contribution in [1.29, 1.82) is 0 Å². The summed E-state index contributed by atoms with van der Waals surface area (Å²) in [4.78, 5) is 37.3. The van der Waals surface area contributed by atoms with E-state index in [1.54, 1.807) is 48.0 Å². The predicted octanol–water partition coefficient (Wildman–Crippen LogP) is 4.19. The quantitative estimate of drug-likeness (QED) is 0.375. The molecule has 0 aliphatic heterocycles. The van der Waals surface area contributed by atoms with E-state index < -0.39 is 0 Å². The smallest absolute Gasteiger partial charge is 0.292 e. The molecule has 0 radical (unpaired) electrons. The Morgan fingerprint density at radius 2 is 1.88 bits per heavy atom. The van der Waals surface area contributed by atoms with Crippen molar-refractivity contribution in [3.8, 4) is 11.4 Å². The fourth-order valence-corrected chi connectivity index (χ4v) is 5.75. The molecule has 0 amide bonds. The Morgan fingerprint density at radius 1 is 1.09 bits per heavy atom. The number of rotatable bonds is 4. The second-order valence-electron chi connectivity index (χ2n) is 7.74. The maximum absolute atomic E-state index is 13.5. The van der Waals surface area contributed by atoms with Gasteiger partial charge in [-0.3, -0.25) is 14.3 Å². The molecule has 5 aromatic rings. The van der Waals surface area contributed by atoms with Crippen molar-refractivity contribution >= 4 is 44.6 Å². The summed E-state index contributed by atoms with van der Waals surface area (Å²) in [7, 11) is 0. The van der Waals surface area contributed by atoms with E-state index in [0.29, 0.717) is 22.1 Å². The first-order valence-corrected chi connectivity index (χ1v) is 11.4. The second kappa shape index (κ2) is 7.36. The summed E-state index contributed by atoms with van der Waals surface area (Å²) in [5, 5.41) is 6.00. The normalized spacial score (nSPS) is 13.2. The summed E-state index contributed by atoms with van der Waals surface area (Å²) >= 11 is 7.54. The monoisotopic (exact) mass is 461 g/mol. The Kier molecular flexibility index (Phi) is 4.44. The molecule has 1 aromatic carbocycles. The number of fused-ring (bicyclic) bond motifs is 5. The van der Waals surface area contributed by atoms with Gasteiger partial charge in [-0.1, -0.05) is 11.6 Å². The van der Waals surface area contributed by atoms with Gasteiger partial charge in [0.05, 0.1) is 11.9 Å². The van der Waals surface area contributed by atoms with Gasteiger partial charge in [0.15, 0.2) is 17.3 Å². The molecule has 1 aliphatic rings. The van der Waals surface area contributed by atoms with Crippen molar-refractivity contribution < 1.29 is 4.79 Å². The summed E-state index contributed by atoms with van der Waals surface area (Å²) < 4.78 is 2.87. The van der Waals surface area contributed by atoms with Crippen molar-refractivity contribution in [2.75, 3.05) is 0 Å². The number of ketones is 1. The van der Waals surface area contributed by atoms with Crippen LogP contribution < -0.4 is 5.69 Å². The molecule has 0 atom stereocenters. The number of carbonyl (C=O) groups excluding carboxylic acids is 1. The number of halogens is 1. The minimum absolute atomic E-state index is 0.0727. The number of carbonyl (C=O) groups is 1. The van der Waals surface area contributed by atoms with Crippen LogP contribution >= 0.6 is 22.9 Å². The third-order valence-electron chi connectivity index (χ3n) is 5.80. The molecule has 1 aliphatic carbocycles. The van der Waals surface area contributed by atoms with Crippen LogP contribution in [-0.4, -0.2) is 29.9 Å². The number of Topliss-reactive ketones (excluding diaryl/α,β-unsaturated/α-hetero) is 1. The molecule has 32 heavy (non-hydrogen) atoms. The number of thiophene rings is 1. The van der Waals surface area contributed by atoms with Gasteiger partial charge < -0.3 is 0 Å². The van der Waals surface area contributed by atoms with Gasteiger partial charge >= 0.3 is 5.69 Å². The van der Waals surface area contributed by atoms with Gasteiger partial charge in [-0.25, -0.2) is 9.78 Å². The number of nitrogens with zero attached hydrogens (tertiary/aromatic N) is 5. The van der Waals surface area contributed by atoms with Crippen LogP contribution in [0.25, 0.3) is 27.3 Å². The molecule has 9 heteroatoms. The number of pyridine rings is 1. The molecule has 0 N–H and O–H groups in total. The Morgan fingerprint density at radius 3 is 2.66 bits per heavy atom. The summed E-state index contributed by atoms with van der Waals surface area (Å²) in [6, 6.07) is 10.3. The van der Waals surface area contributed by atoms with Crippen LogP contribution in [0, 0.1) is 0 Å². The maximum Gasteiger partial charge on any atom is 0.352 e. The van der Waals surface area contributed by atoms with E-state index >= 15 is 0 Å². The lowest BCUT2D eigenvalue weighted by Gasteiger charge is -2.08. The van der Waals surface area contributed by atoms with E-state index in [9.17, 15) is 9.59 Å². The standard InChI is InChI=1S/C23H16ClN5O2S/c24-15-6-4-13(5-7-15)17(30)12-28-22-19(16-2-1-3-18(16)32-22)21-26-20(27-29(21)23(28)31)14-8-10-25-11-9-14/h4-11H,1-3,12H2. The number of aromatic nitrogens is 5. The lowest BCUT2D eigenvalue weighted by Crippen LogP contribution is -2.30. The van der Waals surface area contributed by atoms with Gasteiger partial charge in [0, 0.05) is 33.4 Å². The maximum atomic E-state index is 13.5. The highest BCUT2D eigenvalue weighted by atomic mass is 35.5. The van der Waals surface area contributed by atoms with Gasteiger partial charge in [0.2, 0.25) is 0 Å². The highest BCUT2D eigenvalue weighted by molar-refractivity contribution is 7.19. The largest absolute Gasteiger partial charge is 0.352 e. The Labute approximate surface area is 190 Å². The van der Waals surface area contributed by atoms with Crippen LogP contribution in [0.3, 0.4) is 0 Å². The minimum Gasteiger partial charge on any atom is -0.292 e. The Hall–Kier alpha value is -3.36. The summed E-state index contributed by atoms with van der Waals surface area (Å²) in [6.45, 7) is -0.0727. The van der Waals surface area contributed by atoms with Gasteiger partial charge in [-0.2, -0.15) is 4.52 Å². The third kappa shape index (κ3) is 2.98. The summed E-state index contributed by atoms with van der Waals surface area (Å²) in [6.07, 6.45) is 6.33. The van der Waals surface area contributed by atoms with Crippen LogP contribution in [0.2, 0.25) is 5.02 Å². The minimum atomic E-state index is -0.373. The molecule has 0 bridgehead atoms. The molecule has 0 saturated heterocycles. The van der Waals surface area contributed by atoms with Gasteiger partial charge in [0.25, 0.3) is 0 Å². The lowest BCUT2D eigenvalue weighted by molar-refractivity contribution is 0.0972. The molecule has 0 spiro atoms. The Balaban J connectivity index is 1.58. The van der Waals surface area contributed by atoms with E-state index in [4.69, 9.17) is 16.6 Å². The lowest BCUT2D eigenvalue weighted by atomic mass is 10.1. The Bertz CT molecular complexity index is 1570. The molecule has 4 heterocycles. The number of hydrogen-bond donors (Lipinski definition) is 0. The molecule has 158 valence electrons. The van der Waals surface area contributed by atoms with Crippen molar-refractivity contribution in [3.05, 3.63) is 80.3 Å². The van der Waals surface area contributed by atoms with Crippen LogP contribution in [-0.2, 0) is 19.4 Å². The molecule has 0 saturated carbocycles. The predicted molar refractivity (Wildman–Crippen MR) is 124 cm³/mol. The summed E-state index contributed by atoms with van der Waals surface area (Å²) in [5.41, 5.74) is 2.69. The fraction of sp³-hybridized carbons (Fsp3) is 0.174. The second-order valence-corrected chi connectivity index (χ2v) is 9.26. The SMILES string of the molecule is O=C(Cn1c(=O)n2nc(-c3ccncc3)nc2c2c3c(sc21)CCC3)c1ccc(Cl)cc1. The van der Waals surface area contributed by atoms with Crippen LogP contribution in [0.4, 0.5) is 0 Å². The molecule has 0 fully saturated rings. The summed E-state index contributed by atoms with van der Waals surface area (Å²) in [5.74, 6) is 0.304. The average Bonchev–Trinajstić information content (AvgIpc) is 3.52. The highest BCUT2D eigenvalue weighted by Crippen LogP contribution is 2.38. The van der Waals surface area contributed by atoms with Crippen LogP contribution in [0.15, 0.2) is 53.6 Å². The van der Waals surface area contributed by atoms with Gasteiger partial charge in [0.1, 0.15) is 4.83 Å². The van der Waals surface area contributed by atoms with Crippen molar-refractivity contribution in [2.45, 2.75) is 25.8 Å². The van der Waals surface area contributed by atoms with Gasteiger partial charge in [-0.05, 0) is 61.2 Å². The van der Waals surface area contributed by atoms with Crippen LogP contribution in [0.5, 0.6) is 0 Å². The number of aryl methyl sites for hydroxylation is 2. The molecule has 0 unspecified atom stereocenters. The van der Waals surface area contributed by atoms with E-state index in [0.717, 1.165) is 35.0 Å². The zero-order valence-electron chi connectivity index (χ0n) is 16.8. The van der Waals surface area contributed by atoms with Crippen molar-refractivity contribution in [3.63, 3.8) is 0 Å². The molecule has 6 rings (SSSR count). The van der Waals surface area contributed by atoms with E-state index in [1.807, 2.05) is 12.1 Å². The van der Waals surface area contributed by atoms with E-state index in [1.165, 1.54) is 19.5 Å². The molecular weight excluding hydrogens is 446 g/mol. The molecule has 4 aromatic heterocycles. The average molecular weight is 462 g/mol. The first-order chi connectivity index (χ1) is 15.6. The fourth-order valence-electron chi connectivity index (χ4n) is 4.25. The van der Waals surface area contributed by atoms with E-state index in [-0.39, 0.29) is 18.0 Å². The zero-order valence-corrected chi connectivity index (χ0v) is 18.4. The van der Waals surface area contributed by atoms with Crippen LogP contribution in [0.1, 0.15) is 27.2 Å². The van der Waals surface area contributed by atoms with Gasteiger partial charge in [-0.15, -0.1) is 16.4 Å². The van der Waals surface area contributed by atoms with E-state index in [2.05, 4.69) is 10.1 Å². The van der Waals surface area contributed by atoms with Crippen molar-refractivity contribution in [1.82, 2.24) is 24.1 Å². The molecular formula is C23H16ClN5O2S. The third-order valence-corrected chi connectivity index (χ3v) is 7.36. The first kappa shape index (κ1) is 19.3. The highest BCUT2D eigenvalue weighted by Gasteiger charge is 2.26. The number of benzene rings is 1. The van der Waals surface area contributed by atoms with Crippen molar-refractivity contribution in [2.24, 2.45) is 0 Å². The number of hydrogen-bond acceptors (Lipinski definition) is 6. The molecule has 7 nitrogen and oxygen atoms in total. The topological polar surface area (TPSA) is 82.2 Å².